The van der Waals surface area contributed by atoms with Gasteiger partial charge in [-0.15, -0.1) is 0 Å². The van der Waals surface area contributed by atoms with Crippen molar-refractivity contribution < 1.29 is 4.39 Å². The largest absolute Gasteiger partial charge is 0.397 e. The van der Waals surface area contributed by atoms with Gasteiger partial charge in [-0.25, -0.2) is 4.39 Å². The van der Waals surface area contributed by atoms with E-state index in [1.807, 2.05) is 14.0 Å². The van der Waals surface area contributed by atoms with E-state index in [9.17, 15) is 4.39 Å². The number of benzene rings is 1. The van der Waals surface area contributed by atoms with E-state index in [0.717, 1.165) is 11.4 Å². The molecule has 0 bridgehead atoms. The molecule has 1 aromatic heterocycles. The van der Waals surface area contributed by atoms with Crippen molar-refractivity contribution in [1.29, 1.82) is 0 Å². The zero-order valence-corrected chi connectivity index (χ0v) is 10.2. The van der Waals surface area contributed by atoms with Crippen LogP contribution in [0.15, 0.2) is 18.3 Å². The SMILES string of the molecule is Cc1nn(C)cc1Nc1cc(F)c(Cl)cc1N. The van der Waals surface area contributed by atoms with Crippen molar-refractivity contribution in [2.75, 3.05) is 11.1 Å². The van der Waals surface area contributed by atoms with Gasteiger partial charge in [-0.1, -0.05) is 11.6 Å². The molecule has 6 heteroatoms. The van der Waals surface area contributed by atoms with Crippen molar-refractivity contribution in [3.63, 3.8) is 0 Å². The molecule has 3 N–H and O–H groups in total. The first kappa shape index (κ1) is 11.7. The maximum absolute atomic E-state index is 13.3. The smallest absolute Gasteiger partial charge is 0.144 e. The van der Waals surface area contributed by atoms with Crippen molar-refractivity contribution >= 4 is 28.7 Å². The van der Waals surface area contributed by atoms with E-state index in [1.54, 1.807) is 10.9 Å². The summed E-state index contributed by atoms with van der Waals surface area (Å²) in [5.41, 5.74) is 8.20. The molecule has 0 aliphatic rings. The van der Waals surface area contributed by atoms with Gasteiger partial charge in [0.2, 0.25) is 0 Å². The molecule has 0 amide bonds. The van der Waals surface area contributed by atoms with Gasteiger partial charge in [0.05, 0.1) is 27.8 Å². The number of aromatic nitrogens is 2. The number of nitrogen functional groups attached to an aromatic ring is 1. The first-order chi connectivity index (χ1) is 7.97. The highest BCUT2D eigenvalue weighted by Gasteiger charge is 2.09. The molecule has 0 radical (unpaired) electrons. The zero-order valence-electron chi connectivity index (χ0n) is 9.46. The monoisotopic (exact) mass is 254 g/mol. The highest BCUT2D eigenvalue weighted by atomic mass is 35.5. The molecule has 90 valence electrons. The van der Waals surface area contributed by atoms with E-state index < -0.39 is 5.82 Å². The van der Waals surface area contributed by atoms with Crippen LogP contribution in [-0.2, 0) is 7.05 Å². The van der Waals surface area contributed by atoms with Gasteiger partial charge in [0.15, 0.2) is 0 Å². The molecule has 0 saturated heterocycles. The van der Waals surface area contributed by atoms with Crippen molar-refractivity contribution in [2.24, 2.45) is 7.05 Å². The van der Waals surface area contributed by atoms with E-state index >= 15 is 0 Å². The summed E-state index contributed by atoms with van der Waals surface area (Å²) in [6, 6.07) is 2.65. The fourth-order valence-corrected chi connectivity index (χ4v) is 1.71. The number of rotatable bonds is 2. The lowest BCUT2D eigenvalue weighted by Gasteiger charge is -2.09. The standard InChI is InChI=1S/C11H12ClFN4/c1-6-11(5-17(2)16-6)15-10-4-8(13)7(12)3-9(10)14/h3-5,15H,14H2,1-2H3. The van der Waals surface area contributed by atoms with E-state index in [2.05, 4.69) is 10.4 Å². The molecule has 0 unspecified atom stereocenters. The molecule has 2 aromatic rings. The van der Waals surface area contributed by atoms with E-state index in [1.165, 1.54) is 12.1 Å². The van der Waals surface area contributed by atoms with Gasteiger partial charge in [-0.2, -0.15) is 5.10 Å². The fourth-order valence-electron chi connectivity index (χ4n) is 1.54. The number of nitrogens with one attached hydrogen (secondary N) is 1. The molecule has 0 aliphatic heterocycles. The minimum Gasteiger partial charge on any atom is -0.397 e. The van der Waals surface area contributed by atoms with Crippen LogP contribution in [0.25, 0.3) is 0 Å². The molecular formula is C11H12ClFN4. The van der Waals surface area contributed by atoms with E-state index in [4.69, 9.17) is 17.3 Å². The molecule has 0 atom stereocenters. The number of nitrogens with two attached hydrogens (primary N) is 1. The molecule has 0 saturated carbocycles. The molecule has 4 nitrogen and oxygen atoms in total. The summed E-state index contributed by atoms with van der Waals surface area (Å²) in [6.45, 7) is 1.85. The van der Waals surface area contributed by atoms with Crippen LogP contribution in [0.2, 0.25) is 5.02 Å². The van der Waals surface area contributed by atoms with Gasteiger partial charge in [0, 0.05) is 19.3 Å². The topological polar surface area (TPSA) is 55.9 Å². The second kappa shape index (κ2) is 4.25. The third-order valence-electron chi connectivity index (χ3n) is 2.38. The van der Waals surface area contributed by atoms with Crippen LogP contribution < -0.4 is 11.1 Å². The number of nitrogens with zero attached hydrogens (tertiary/aromatic N) is 2. The lowest BCUT2D eigenvalue weighted by molar-refractivity contribution is 0.629. The minimum atomic E-state index is -0.509. The third kappa shape index (κ3) is 2.34. The van der Waals surface area contributed by atoms with E-state index in [0.29, 0.717) is 11.4 Å². The molecule has 2 rings (SSSR count). The van der Waals surface area contributed by atoms with Crippen molar-refractivity contribution in [1.82, 2.24) is 9.78 Å². The average Bonchev–Trinajstić information content (AvgIpc) is 2.54. The number of aryl methyl sites for hydroxylation is 2. The summed E-state index contributed by atoms with van der Waals surface area (Å²) < 4.78 is 15.0. The molecule has 1 aromatic carbocycles. The second-order valence-electron chi connectivity index (χ2n) is 3.78. The minimum absolute atomic E-state index is 0.0101. The number of hydrogen-bond donors (Lipinski definition) is 2. The van der Waals surface area contributed by atoms with Crippen LogP contribution in [0.5, 0.6) is 0 Å². The molecule has 0 fully saturated rings. The molecule has 0 spiro atoms. The molecular weight excluding hydrogens is 243 g/mol. The Bertz CT molecular complexity index is 565. The Hall–Kier alpha value is -1.75. The number of halogens is 2. The predicted molar refractivity (Wildman–Crippen MR) is 67.1 cm³/mol. The van der Waals surface area contributed by atoms with Crippen molar-refractivity contribution in [3.8, 4) is 0 Å². The van der Waals surface area contributed by atoms with Crippen LogP contribution in [0.3, 0.4) is 0 Å². The fraction of sp³-hybridized carbons (Fsp3) is 0.182. The van der Waals surface area contributed by atoms with Crippen LogP contribution in [0, 0.1) is 12.7 Å². The Morgan fingerprint density at radius 2 is 2.12 bits per heavy atom. The Labute approximate surface area is 103 Å². The third-order valence-corrected chi connectivity index (χ3v) is 2.66. The maximum atomic E-state index is 13.3. The van der Waals surface area contributed by atoms with Gasteiger partial charge in [0.1, 0.15) is 5.82 Å². The maximum Gasteiger partial charge on any atom is 0.144 e. The predicted octanol–water partition coefficient (Wildman–Crippen LogP) is 2.85. The summed E-state index contributed by atoms with van der Waals surface area (Å²) in [5, 5.41) is 7.20. The van der Waals surface area contributed by atoms with E-state index in [-0.39, 0.29) is 5.02 Å². The lowest BCUT2D eigenvalue weighted by Crippen LogP contribution is -1.98. The first-order valence-corrected chi connectivity index (χ1v) is 5.37. The van der Waals surface area contributed by atoms with Gasteiger partial charge in [-0.05, 0) is 13.0 Å². The summed E-state index contributed by atoms with van der Waals surface area (Å²) in [4.78, 5) is 0. The summed E-state index contributed by atoms with van der Waals surface area (Å²) in [6.07, 6.45) is 1.79. The Morgan fingerprint density at radius 3 is 2.71 bits per heavy atom. The summed E-state index contributed by atoms with van der Waals surface area (Å²) >= 11 is 5.63. The van der Waals surface area contributed by atoms with Crippen LogP contribution >= 0.6 is 11.6 Å². The van der Waals surface area contributed by atoms with Gasteiger partial charge >= 0.3 is 0 Å². The summed E-state index contributed by atoms with van der Waals surface area (Å²) in [5.74, 6) is -0.509. The second-order valence-corrected chi connectivity index (χ2v) is 4.19. The Morgan fingerprint density at radius 1 is 1.41 bits per heavy atom. The van der Waals surface area contributed by atoms with Gasteiger partial charge < -0.3 is 11.1 Å². The quantitative estimate of drug-likeness (QED) is 0.811. The number of hydrogen-bond acceptors (Lipinski definition) is 3. The van der Waals surface area contributed by atoms with Crippen LogP contribution in [-0.4, -0.2) is 9.78 Å². The first-order valence-electron chi connectivity index (χ1n) is 4.99. The zero-order chi connectivity index (χ0) is 12.6. The Kier molecular flexibility index (Phi) is 2.93. The molecule has 17 heavy (non-hydrogen) atoms. The van der Waals surface area contributed by atoms with Crippen molar-refractivity contribution in [3.05, 3.63) is 34.9 Å². The Balaban J connectivity index is 2.36. The van der Waals surface area contributed by atoms with Crippen molar-refractivity contribution in [2.45, 2.75) is 6.92 Å². The van der Waals surface area contributed by atoms with Crippen LogP contribution in [0.4, 0.5) is 21.5 Å². The molecule has 1 heterocycles. The lowest BCUT2D eigenvalue weighted by atomic mass is 10.2. The summed E-state index contributed by atoms with van der Waals surface area (Å²) in [7, 11) is 1.81. The highest BCUT2D eigenvalue weighted by Crippen LogP contribution is 2.29. The normalized spacial score (nSPS) is 10.6. The van der Waals surface area contributed by atoms with Crippen LogP contribution in [0.1, 0.15) is 5.69 Å². The molecule has 0 aliphatic carbocycles. The average molecular weight is 255 g/mol. The number of anilines is 3. The highest BCUT2D eigenvalue weighted by molar-refractivity contribution is 6.31. The van der Waals surface area contributed by atoms with Gasteiger partial charge in [0.25, 0.3) is 0 Å². The van der Waals surface area contributed by atoms with Gasteiger partial charge in [-0.3, -0.25) is 4.68 Å².